The predicted octanol–water partition coefficient (Wildman–Crippen LogP) is 4.29. The summed E-state index contributed by atoms with van der Waals surface area (Å²) in [7, 11) is 0. The summed E-state index contributed by atoms with van der Waals surface area (Å²) in [5.74, 6) is 4.83. The summed E-state index contributed by atoms with van der Waals surface area (Å²) in [6, 6.07) is 0. The zero-order valence-electron chi connectivity index (χ0n) is 10.6. The fraction of sp³-hybridized carbons (Fsp3) is 0.733. The number of hydrogen-bond acceptors (Lipinski definition) is 0. The van der Waals surface area contributed by atoms with Gasteiger partial charge in [-0.25, -0.2) is 0 Å². The molecule has 0 aromatic heterocycles. The largest absolute Gasteiger partial charge is 0.0956 e. The Morgan fingerprint density at radius 2 is 1.40 bits per heavy atom. The van der Waals surface area contributed by atoms with Crippen LogP contribution in [0.1, 0.15) is 34.1 Å². The van der Waals surface area contributed by atoms with Crippen molar-refractivity contribution in [3.63, 3.8) is 0 Å². The third-order valence-corrected chi connectivity index (χ3v) is 5.53. The lowest BCUT2D eigenvalue weighted by atomic mass is 9.59. The van der Waals surface area contributed by atoms with E-state index in [-0.39, 0.29) is 0 Å². The summed E-state index contributed by atoms with van der Waals surface area (Å²) in [6.07, 6.45) is 1.20. The second-order valence-electron chi connectivity index (χ2n) is 5.96. The molecule has 0 spiro atoms. The predicted molar refractivity (Wildman–Crippen MR) is 66.5 cm³/mol. The molecule has 0 amide bonds. The minimum Gasteiger partial charge on any atom is -0.0956 e. The number of rotatable bonds is 0. The highest BCUT2D eigenvalue weighted by molar-refractivity contribution is 5.36. The fourth-order valence-corrected chi connectivity index (χ4v) is 3.93. The van der Waals surface area contributed by atoms with E-state index < -0.39 is 0 Å². The molecule has 0 radical (unpaired) electrons. The molecule has 0 heterocycles. The van der Waals surface area contributed by atoms with Gasteiger partial charge in [0, 0.05) is 0 Å². The number of hydrogen-bond donors (Lipinski definition) is 0. The van der Waals surface area contributed by atoms with Crippen molar-refractivity contribution >= 4 is 0 Å². The van der Waals surface area contributed by atoms with Crippen LogP contribution >= 0.6 is 0 Å². The number of fused-ring (bicyclic) bond motifs is 1. The quantitative estimate of drug-likeness (QED) is 0.552. The molecule has 0 saturated heterocycles. The molecule has 2 aliphatic rings. The van der Waals surface area contributed by atoms with Crippen molar-refractivity contribution in [1.29, 1.82) is 0 Å². The van der Waals surface area contributed by atoms with E-state index in [9.17, 15) is 0 Å². The lowest BCUT2D eigenvalue weighted by Crippen LogP contribution is -2.40. The van der Waals surface area contributed by atoms with Gasteiger partial charge in [0.1, 0.15) is 0 Å². The van der Waals surface area contributed by atoms with Gasteiger partial charge in [-0.15, -0.1) is 0 Å². The molecule has 2 fully saturated rings. The fourth-order valence-electron chi connectivity index (χ4n) is 3.93. The molecule has 0 aromatic rings. The van der Waals surface area contributed by atoms with Gasteiger partial charge < -0.3 is 0 Å². The molecule has 0 aromatic carbocycles. The zero-order valence-corrected chi connectivity index (χ0v) is 10.6. The van der Waals surface area contributed by atoms with Crippen molar-refractivity contribution in [2.45, 2.75) is 34.1 Å². The normalized spacial score (nSPS) is 50.7. The van der Waals surface area contributed by atoms with E-state index in [0.717, 1.165) is 35.5 Å². The molecular weight excluding hydrogens is 180 g/mol. The van der Waals surface area contributed by atoms with Gasteiger partial charge in [-0.2, -0.15) is 0 Å². The molecule has 0 bridgehead atoms. The summed E-state index contributed by atoms with van der Waals surface area (Å²) >= 11 is 0. The highest BCUT2D eigenvalue weighted by Gasteiger charge is 2.47. The second kappa shape index (κ2) is 3.50. The lowest BCUT2D eigenvalue weighted by molar-refractivity contribution is 0.0438. The average Bonchev–Trinajstić information content (AvgIpc) is 2.50. The first-order chi connectivity index (χ1) is 6.95. The van der Waals surface area contributed by atoms with Gasteiger partial charge in [0.2, 0.25) is 0 Å². The van der Waals surface area contributed by atoms with Gasteiger partial charge in [-0.3, -0.25) is 0 Å². The summed E-state index contributed by atoms with van der Waals surface area (Å²) in [5.41, 5.74) is 2.68. The van der Waals surface area contributed by atoms with Crippen molar-refractivity contribution in [1.82, 2.24) is 0 Å². The molecule has 15 heavy (non-hydrogen) atoms. The summed E-state index contributed by atoms with van der Waals surface area (Å²) in [4.78, 5) is 0. The smallest absolute Gasteiger partial charge is 0.0103 e. The molecule has 0 N–H and O–H groups in total. The molecule has 6 atom stereocenters. The zero-order chi connectivity index (χ0) is 11.3. The molecule has 2 rings (SSSR count). The average molecular weight is 204 g/mol. The Morgan fingerprint density at radius 3 is 2.00 bits per heavy atom. The van der Waals surface area contributed by atoms with Crippen molar-refractivity contribution in [2.24, 2.45) is 35.5 Å². The van der Waals surface area contributed by atoms with Gasteiger partial charge in [0.25, 0.3) is 0 Å². The van der Waals surface area contributed by atoms with E-state index in [0.29, 0.717) is 0 Å². The lowest BCUT2D eigenvalue weighted by Gasteiger charge is -2.45. The van der Waals surface area contributed by atoms with Crippen LogP contribution in [0.3, 0.4) is 0 Å². The van der Waals surface area contributed by atoms with Gasteiger partial charge in [0.05, 0.1) is 0 Å². The molecular formula is C15H24. The van der Waals surface area contributed by atoms with Crippen molar-refractivity contribution < 1.29 is 0 Å². The standard InChI is InChI=1S/C15H24/c1-8-7-14-12(5)10(3)11(4)13(6)15(14)9(8)2/h10-15H,1-2,7H2,3-6H3. The molecule has 2 saturated carbocycles. The van der Waals surface area contributed by atoms with E-state index in [4.69, 9.17) is 0 Å². The van der Waals surface area contributed by atoms with Gasteiger partial charge >= 0.3 is 0 Å². The monoisotopic (exact) mass is 204 g/mol. The molecule has 0 heteroatoms. The van der Waals surface area contributed by atoms with E-state index in [1.807, 2.05) is 0 Å². The van der Waals surface area contributed by atoms with Crippen molar-refractivity contribution in [3.05, 3.63) is 24.3 Å². The first-order valence-corrected chi connectivity index (χ1v) is 6.32. The highest BCUT2D eigenvalue weighted by atomic mass is 14.5. The van der Waals surface area contributed by atoms with E-state index in [1.54, 1.807) is 0 Å². The van der Waals surface area contributed by atoms with Crippen LogP contribution in [0.5, 0.6) is 0 Å². The molecule has 84 valence electrons. The molecule has 6 unspecified atom stereocenters. The maximum atomic E-state index is 4.26. The minimum atomic E-state index is 0.721. The Balaban J connectivity index is 2.34. The molecule has 0 nitrogen and oxygen atoms in total. The first kappa shape index (κ1) is 11.0. The Hall–Kier alpha value is -0.520. The maximum absolute atomic E-state index is 4.26. The topological polar surface area (TPSA) is 0 Å². The van der Waals surface area contributed by atoms with Crippen LogP contribution in [0, 0.1) is 35.5 Å². The van der Waals surface area contributed by atoms with Crippen LogP contribution in [-0.4, -0.2) is 0 Å². The van der Waals surface area contributed by atoms with Crippen LogP contribution < -0.4 is 0 Å². The minimum absolute atomic E-state index is 0.721. The van der Waals surface area contributed by atoms with E-state index in [2.05, 4.69) is 40.9 Å². The Labute approximate surface area is 94.5 Å². The van der Waals surface area contributed by atoms with E-state index >= 15 is 0 Å². The SMILES string of the molecule is C=C1CC2C(C)C(C)C(C)C(C)C2C1=C. The second-order valence-corrected chi connectivity index (χ2v) is 5.96. The van der Waals surface area contributed by atoms with E-state index in [1.165, 1.54) is 17.6 Å². The summed E-state index contributed by atoms with van der Waals surface area (Å²) < 4.78 is 0. The van der Waals surface area contributed by atoms with Crippen LogP contribution in [0.4, 0.5) is 0 Å². The van der Waals surface area contributed by atoms with Crippen LogP contribution in [0.25, 0.3) is 0 Å². The van der Waals surface area contributed by atoms with Gasteiger partial charge in [0.15, 0.2) is 0 Å². The molecule has 0 aliphatic heterocycles. The number of allylic oxidation sites excluding steroid dienone is 2. The summed E-state index contributed by atoms with van der Waals surface area (Å²) in [6.45, 7) is 18.1. The highest BCUT2D eigenvalue weighted by Crippen LogP contribution is 2.55. The van der Waals surface area contributed by atoms with Crippen LogP contribution in [0.2, 0.25) is 0 Å². The molecule has 2 aliphatic carbocycles. The maximum Gasteiger partial charge on any atom is -0.0103 e. The Bertz CT molecular complexity index is 299. The third kappa shape index (κ3) is 1.41. The Morgan fingerprint density at radius 1 is 0.867 bits per heavy atom. The van der Waals surface area contributed by atoms with Crippen LogP contribution in [0.15, 0.2) is 24.3 Å². The Kier molecular flexibility index (Phi) is 2.56. The van der Waals surface area contributed by atoms with Gasteiger partial charge in [-0.1, -0.05) is 46.4 Å². The van der Waals surface area contributed by atoms with Gasteiger partial charge in [-0.05, 0) is 47.5 Å². The van der Waals surface area contributed by atoms with Crippen molar-refractivity contribution in [3.8, 4) is 0 Å². The third-order valence-electron chi connectivity index (χ3n) is 5.53. The van der Waals surface area contributed by atoms with Crippen molar-refractivity contribution in [2.75, 3.05) is 0 Å². The van der Waals surface area contributed by atoms with Crippen LogP contribution in [-0.2, 0) is 0 Å². The first-order valence-electron chi connectivity index (χ1n) is 6.32. The summed E-state index contributed by atoms with van der Waals surface area (Å²) in [5, 5.41) is 0.